The van der Waals surface area contributed by atoms with Gasteiger partial charge in [-0.05, 0) is 66.7 Å². The second kappa shape index (κ2) is 19.8. The highest BCUT2D eigenvalue weighted by Crippen LogP contribution is 2.25. The standard InChI is InChI=1S/C9H11BrN2O2.C9H10Cl2N2O2.C9H11ClN2O2/c1-12(14-2)9(13)11-8-5-3-7(10)4-6-8;1-13(15-2)9(14)12-6-3-4-7(10)8(11)5-6;1-12(14-2)9(13)11-8-5-3-7(10)4-6-8/h3-6H,1-2H3,(H,11,13);3-5H,1-2H3,(H,12,14);3-6H,1-2H3,(H,11,13). The molecule has 6 amide bonds. The topological polar surface area (TPSA) is 125 Å². The van der Waals surface area contributed by atoms with Gasteiger partial charge in [0.2, 0.25) is 0 Å². The summed E-state index contributed by atoms with van der Waals surface area (Å²) in [5.41, 5.74) is 1.95. The maximum absolute atomic E-state index is 11.4. The van der Waals surface area contributed by atoms with E-state index < -0.39 is 6.03 Å². The summed E-state index contributed by atoms with van der Waals surface area (Å²) >= 11 is 20.5. The number of amides is 6. The first-order chi connectivity index (χ1) is 20.3. The molecule has 0 aromatic heterocycles. The Bertz CT molecular complexity index is 1260. The van der Waals surface area contributed by atoms with Crippen LogP contribution in [0.4, 0.5) is 31.4 Å². The van der Waals surface area contributed by atoms with Gasteiger partial charge in [0.1, 0.15) is 0 Å². The molecule has 12 nitrogen and oxygen atoms in total. The maximum Gasteiger partial charge on any atom is 0.345 e. The second-order valence-electron chi connectivity index (χ2n) is 7.97. The van der Waals surface area contributed by atoms with E-state index in [-0.39, 0.29) is 12.1 Å². The SMILES string of the molecule is CON(C)C(=O)Nc1ccc(Br)cc1.CON(C)C(=O)Nc1ccc(Cl)c(Cl)c1.CON(C)C(=O)Nc1ccc(Cl)cc1. The van der Waals surface area contributed by atoms with E-state index in [1.54, 1.807) is 54.6 Å². The number of anilines is 3. The number of nitrogens with one attached hydrogen (secondary N) is 3. The van der Waals surface area contributed by atoms with Gasteiger partial charge in [-0.3, -0.25) is 14.5 Å². The molecular formula is C27H32BrCl3N6O6. The zero-order valence-electron chi connectivity index (χ0n) is 24.2. The van der Waals surface area contributed by atoms with Gasteiger partial charge in [0, 0.05) is 47.7 Å². The first kappa shape index (κ1) is 37.7. The molecule has 3 N–H and O–H groups in total. The van der Waals surface area contributed by atoms with E-state index in [0.29, 0.717) is 26.4 Å². The fourth-order valence-corrected chi connectivity index (χ4v) is 3.18. The van der Waals surface area contributed by atoms with Crippen LogP contribution >= 0.6 is 50.7 Å². The summed E-state index contributed by atoms with van der Waals surface area (Å²) in [6, 6.07) is 17.9. The van der Waals surface area contributed by atoms with Gasteiger partial charge in [-0.25, -0.2) is 29.6 Å². The number of hydrogen-bond acceptors (Lipinski definition) is 6. The van der Waals surface area contributed by atoms with Crippen LogP contribution in [0.15, 0.2) is 71.2 Å². The van der Waals surface area contributed by atoms with Crippen molar-refractivity contribution in [1.29, 1.82) is 0 Å². The molecule has 3 aromatic carbocycles. The molecule has 0 spiro atoms. The molecule has 0 fully saturated rings. The smallest absolute Gasteiger partial charge is 0.306 e. The van der Waals surface area contributed by atoms with Gasteiger partial charge in [-0.1, -0.05) is 50.7 Å². The Morgan fingerprint density at radius 2 is 0.930 bits per heavy atom. The molecular weight excluding hydrogens is 691 g/mol. The lowest BCUT2D eigenvalue weighted by Gasteiger charge is -2.14. The van der Waals surface area contributed by atoms with Crippen molar-refractivity contribution < 1.29 is 28.9 Å². The van der Waals surface area contributed by atoms with Crippen molar-refractivity contribution in [3.8, 4) is 0 Å². The Morgan fingerprint density at radius 3 is 1.30 bits per heavy atom. The van der Waals surface area contributed by atoms with Gasteiger partial charge in [0.25, 0.3) is 0 Å². The number of urea groups is 3. The molecule has 0 saturated carbocycles. The van der Waals surface area contributed by atoms with E-state index in [1.165, 1.54) is 42.5 Å². The summed E-state index contributed by atoms with van der Waals surface area (Å²) in [7, 11) is 8.79. The molecule has 3 aromatic rings. The minimum Gasteiger partial charge on any atom is -0.306 e. The summed E-state index contributed by atoms with van der Waals surface area (Å²) in [5.74, 6) is 0. The van der Waals surface area contributed by atoms with Crippen LogP contribution in [0.2, 0.25) is 15.1 Å². The monoisotopic (exact) mass is 720 g/mol. The molecule has 0 aliphatic rings. The Labute approximate surface area is 273 Å². The first-order valence-corrected chi connectivity index (χ1v) is 14.0. The highest BCUT2D eigenvalue weighted by molar-refractivity contribution is 9.10. The maximum atomic E-state index is 11.4. The number of halogens is 4. The van der Waals surface area contributed by atoms with E-state index in [4.69, 9.17) is 49.3 Å². The molecule has 0 atom stereocenters. The molecule has 3 rings (SSSR count). The minimum atomic E-state index is -0.393. The number of hydrogen-bond donors (Lipinski definition) is 3. The van der Waals surface area contributed by atoms with Crippen LogP contribution < -0.4 is 16.0 Å². The van der Waals surface area contributed by atoms with Crippen LogP contribution in [-0.2, 0) is 14.5 Å². The number of carbonyl (C=O) groups excluding carboxylic acids is 3. The van der Waals surface area contributed by atoms with Crippen molar-refractivity contribution in [2.24, 2.45) is 0 Å². The molecule has 16 heteroatoms. The lowest BCUT2D eigenvalue weighted by molar-refractivity contribution is -0.0598. The largest absolute Gasteiger partial charge is 0.345 e. The number of hydroxylamine groups is 6. The van der Waals surface area contributed by atoms with Crippen molar-refractivity contribution in [1.82, 2.24) is 15.2 Å². The van der Waals surface area contributed by atoms with Gasteiger partial charge in [0.15, 0.2) is 0 Å². The van der Waals surface area contributed by atoms with Gasteiger partial charge in [-0.2, -0.15) is 0 Å². The summed E-state index contributed by atoms with van der Waals surface area (Å²) in [6.07, 6.45) is 0. The number of nitrogens with zero attached hydrogens (tertiary/aromatic N) is 3. The summed E-state index contributed by atoms with van der Waals surface area (Å²) < 4.78 is 0.968. The fraction of sp³-hybridized carbons (Fsp3) is 0.222. The Hall–Kier alpha value is -3.30. The van der Waals surface area contributed by atoms with Crippen molar-refractivity contribution >= 4 is 85.9 Å². The lowest BCUT2D eigenvalue weighted by Crippen LogP contribution is -2.30. The molecule has 0 unspecified atom stereocenters. The molecule has 234 valence electrons. The van der Waals surface area contributed by atoms with E-state index >= 15 is 0 Å². The zero-order chi connectivity index (χ0) is 32.5. The van der Waals surface area contributed by atoms with Gasteiger partial charge < -0.3 is 16.0 Å². The molecule has 0 heterocycles. The van der Waals surface area contributed by atoms with Crippen LogP contribution in [0.25, 0.3) is 0 Å². The van der Waals surface area contributed by atoms with Crippen molar-refractivity contribution in [3.05, 3.63) is 86.3 Å². The lowest BCUT2D eigenvalue weighted by atomic mass is 10.3. The van der Waals surface area contributed by atoms with Crippen LogP contribution in [-0.4, -0.2) is 75.8 Å². The third-order valence-electron chi connectivity index (χ3n) is 5.04. The van der Waals surface area contributed by atoms with Gasteiger partial charge in [0.05, 0.1) is 31.4 Å². The predicted octanol–water partition coefficient (Wildman–Crippen LogP) is 7.86. The van der Waals surface area contributed by atoms with Crippen molar-refractivity contribution in [2.45, 2.75) is 0 Å². The van der Waals surface area contributed by atoms with Crippen LogP contribution in [0.5, 0.6) is 0 Å². The zero-order valence-corrected chi connectivity index (χ0v) is 28.0. The predicted molar refractivity (Wildman–Crippen MR) is 173 cm³/mol. The first-order valence-electron chi connectivity index (χ1n) is 12.0. The van der Waals surface area contributed by atoms with Crippen LogP contribution in [0.1, 0.15) is 0 Å². The van der Waals surface area contributed by atoms with Crippen LogP contribution in [0, 0.1) is 0 Å². The van der Waals surface area contributed by atoms with Crippen LogP contribution in [0.3, 0.4) is 0 Å². The quantitative estimate of drug-likeness (QED) is 0.223. The minimum absolute atomic E-state index is 0.310. The van der Waals surface area contributed by atoms with Gasteiger partial charge >= 0.3 is 18.1 Å². The highest BCUT2D eigenvalue weighted by Gasteiger charge is 2.09. The van der Waals surface area contributed by atoms with E-state index in [9.17, 15) is 14.4 Å². The molecule has 0 radical (unpaired) electrons. The highest BCUT2D eigenvalue weighted by atomic mass is 79.9. The van der Waals surface area contributed by atoms with Crippen molar-refractivity contribution in [3.63, 3.8) is 0 Å². The molecule has 0 saturated heterocycles. The number of rotatable bonds is 6. The third kappa shape index (κ3) is 14.6. The normalized spacial score (nSPS) is 9.72. The molecule has 0 aliphatic heterocycles. The van der Waals surface area contributed by atoms with Gasteiger partial charge in [-0.15, -0.1) is 0 Å². The Kier molecular flexibility index (Phi) is 17.4. The summed E-state index contributed by atoms with van der Waals surface area (Å²) in [5, 5.41) is 12.6. The molecule has 0 aliphatic carbocycles. The Balaban J connectivity index is 0.000000323. The third-order valence-corrected chi connectivity index (χ3v) is 6.56. The number of carbonyl (C=O) groups is 3. The summed E-state index contributed by atoms with van der Waals surface area (Å²) in [6.45, 7) is 0. The van der Waals surface area contributed by atoms with E-state index in [2.05, 4.69) is 31.9 Å². The second-order valence-corrected chi connectivity index (χ2v) is 10.1. The average molecular weight is 723 g/mol. The Morgan fingerprint density at radius 1 is 0.581 bits per heavy atom. The van der Waals surface area contributed by atoms with E-state index in [1.807, 2.05) is 12.1 Å². The van der Waals surface area contributed by atoms with E-state index in [0.717, 1.165) is 25.3 Å². The molecule has 0 bridgehead atoms. The van der Waals surface area contributed by atoms with Crippen molar-refractivity contribution in [2.75, 3.05) is 58.4 Å². The number of benzene rings is 3. The molecule has 43 heavy (non-hydrogen) atoms. The average Bonchev–Trinajstić information content (AvgIpc) is 3.00. The summed E-state index contributed by atoms with van der Waals surface area (Å²) in [4.78, 5) is 48.1. The fourth-order valence-electron chi connectivity index (χ4n) is 2.50.